The Morgan fingerprint density at radius 1 is 1.14 bits per heavy atom. The lowest BCUT2D eigenvalue weighted by molar-refractivity contribution is -0.137. The third-order valence-corrected chi connectivity index (χ3v) is 7.36. The largest absolute Gasteiger partial charge is 0.481 e. The summed E-state index contributed by atoms with van der Waals surface area (Å²) in [5.74, 6) is 0.136. The zero-order valence-corrected chi connectivity index (χ0v) is 18.4. The average Bonchev–Trinajstić information content (AvgIpc) is 3.01. The first-order valence-corrected chi connectivity index (χ1v) is 12.1. The molecule has 2 aliphatic rings. The zero-order chi connectivity index (χ0) is 21.1. The van der Waals surface area contributed by atoms with Gasteiger partial charge in [-0.2, -0.15) is 0 Å². The summed E-state index contributed by atoms with van der Waals surface area (Å²) in [5, 5.41) is 19.5. The number of carboxylic acids is 1. The van der Waals surface area contributed by atoms with Crippen LogP contribution in [0.25, 0.3) is 0 Å². The molecule has 0 amide bonds. The van der Waals surface area contributed by atoms with Gasteiger partial charge in [-0.1, -0.05) is 70.4 Å². The summed E-state index contributed by atoms with van der Waals surface area (Å²) >= 11 is 0. The van der Waals surface area contributed by atoms with Crippen LogP contribution in [0.5, 0.6) is 0 Å². The minimum Gasteiger partial charge on any atom is -0.481 e. The van der Waals surface area contributed by atoms with E-state index in [-0.39, 0.29) is 23.9 Å². The molecular weight excluding hydrogens is 364 g/mol. The second kappa shape index (κ2) is 12.5. The Kier molecular flexibility index (Phi) is 10.4. The highest BCUT2D eigenvalue weighted by Crippen LogP contribution is 2.48. The number of carbonyl (C=O) groups excluding carboxylic acids is 1. The topological polar surface area (TPSA) is 74.6 Å². The van der Waals surface area contributed by atoms with Gasteiger partial charge in [-0.3, -0.25) is 9.59 Å². The molecule has 2 aliphatic carbocycles. The average molecular weight is 407 g/mol. The Morgan fingerprint density at radius 2 is 1.83 bits per heavy atom. The maximum Gasteiger partial charge on any atom is 0.303 e. The zero-order valence-electron chi connectivity index (χ0n) is 18.4. The van der Waals surface area contributed by atoms with Gasteiger partial charge in [0.15, 0.2) is 0 Å². The van der Waals surface area contributed by atoms with Gasteiger partial charge in [-0.15, -0.1) is 0 Å². The fourth-order valence-corrected chi connectivity index (χ4v) is 5.19. The molecule has 0 spiro atoms. The number of ketones is 1. The van der Waals surface area contributed by atoms with Crippen LogP contribution in [0.2, 0.25) is 0 Å². The number of aliphatic hydroxyl groups is 1. The van der Waals surface area contributed by atoms with Crippen molar-refractivity contribution in [3.63, 3.8) is 0 Å². The summed E-state index contributed by atoms with van der Waals surface area (Å²) in [6, 6.07) is 0. The fraction of sp³-hybridized carbons (Fsp3) is 0.840. The summed E-state index contributed by atoms with van der Waals surface area (Å²) in [4.78, 5) is 22.9. The van der Waals surface area contributed by atoms with Crippen molar-refractivity contribution in [3.05, 3.63) is 12.2 Å². The van der Waals surface area contributed by atoms with Crippen molar-refractivity contribution < 1.29 is 19.8 Å². The van der Waals surface area contributed by atoms with E-state index in [2.05, 4.69) is 13.0 Å². The SMILES string of the molecule is CCCCC1([C@H](O)/C=C/C2CCC(=O)[C@@H]2CCCCCCCCC(=O)O)CCC1. The van der Waals surface area contributed by atoms with Crippen LogP contribution < -0.4 is 0 Å². The van der Waals surface area contributed by atoms with Crippen molar-refractivity contribution >= 4 is 11.8 Å². The number of allylic oxidation sites excluding steroid dienone is 1. The fourth-order valence-electron chi connectivity index (χ4n) is 5.19. The second-order valence-corrected chi connectivity index (χ2v) is 9.48. The summed E-state index contributed by atoms with van der Waals surface area (Å²) in [6.07, 6.45) is 19.8. The van der Waals surface area contributed by atoms with Crippen LogP contribution in [-0.4, -0.2) is 28.1 Å². The molecule has 166 valence electrons. The van der Waals surface area contributed by atoms with E-state index in [1.54, 1.807) is 0 Å². The highest BCUT2D eigenvalue weighted by atomic mass is 16.4. The maximum absolute atomic E-state index is 12.4. The molecule has 2 N–H and O–H groups in total. The van der Waals surface area contributed by atoms with Gasteiger partial charge >= 0.3 is 5.97 Å². The third kappa shape index (κ3) is 7.55. The molecule has 0 saturated heterocycles. The normalized spacial score (nSPS) is 24.7. The Labute approximate surface area is 177 Å². The van der Waals surface area contributed by atoms with Crippen molar-refractivity contribution in [2.24, 2.45) is 17.3 Å². The van der Waals surface area contributed by atoms with Crippen LogP contribution in [0, 0.1) is 17.3 Å². The van der Waals surface area contributed by atoms with E-state index in [1.165, 1.54) is 19.3 Å². The van der Waals surface area contributed by atoms with Crippen LogP contribution in [-0.2, 0) is 9.59 Å². The lowest BCUT2D eigenvalue weighted by Crippen LogP contribution is -2.40. The number of carbonyl (C=O) groups is 2. The monoisotopic (exact) mass is 406 g/mol. The van der Waals surface area contributed by atoms with Crippen LogP contribution in [0.3, 0.4) is 0 Å². The van der Waals surface area contributed by atoms with Gasteiger partial charge in [-0.25, -0.2) is 0 Å². The molecule has 0 aliphatic heterocycles. The molecule has 0 heterocycles. The number of rotatable bonds is 15. The smallest absolute Gasteiger partial charge is 0.303 e. The first-order chi connectivity index (χ1) is 14.0. The number of unbranched alkanes of at least 4 members (excludes halogenated alkanes) is 6. The summed E-state index contributed by atoms with van der Waals surface area (Å²) in [6.45, 7) is 2.21. The third-order valence-electron chi connectivity index (χ3n) is 7.36. The molecule has 1 unspecified atom stereocenters. The molecule has 3 atom stereocenters. The van der Waals surface area contributed by atoms with Crippen molar-refractivity contribution in [3.8, 4) is 0 Å². The quantitative estimate of drug-likeness (QED) is 0.256. The van der Waals surface area contributed by atoms with Gasteiger partial charge in [0.05, 0.1) is 6.10 Å². The number of aliphatic hydroxyl groups excluding tert-OH is 1. The molecule has 29 heavy (non-hydrogen) atoms. The van der Waals surface area contributed by atoms with Crippen molar-refractivity contribution in [1.29, 1.82) is 0 Å². The summed E-state index contributed by atoms with van der Waals surface area (Å²) in [7, 11) is 0. The van der Waals surface area contributed by atoms with Crippen LogP contribution in [0.4, 0.5) is 0 Å². The highest BCUT2D eigenvalue weighted by molar-refractivity contribution is 5.83. The molecule has 2 saturated carbocycles. The lowest BCUT2D eigenvalue weighted by atomic mass is 9.62. The molecular formula is C25H42O4. The van der Waals surface area contributed by atoms with Gasteiger partial charge in [-0.05, 0) is 49.9 Å². The van der Waals surface area contributed by atoms with Gasteiger partial charge in [0.1, 0.15) is 5.78 Å². The number of Topliss-reactive ketones (excluding diaryl/α,β-unsaturated/α-hetero) is 1. The van der Waals surface area contributed by atoms with Crippen LogP contribution in [0.15, 0.2) is 12.2 Å². The molecule has 4 heteroatoms. The lowest BCUT2D eigenvalue weighted by Gasteiger charge is -2.45. The number of aliphatic carboxylic acids is 1. The van der Waals surface area contributed by atoms with Crippen molar-refractivity contribution in [1.82, 2.24) is 0 Å². The molecule has 0 bridgehead atoms. The van der Waals surface area contributed by atoms with E-state index in [0.717, 1.165) is 70.6 Å². The van der Waals surface area contributed by atoms with Crippen LogP contribution >= 0.6 is 0 Å². The molecule has 0 radical (unpaired) electrons. The molecule has 0 aromatic heterocycles. The summed E-state index contributed by atoms with van der Waals surface area (Å²) < 4.78 is 0. The van der Waals surface area contributed by atoms with Crippen molar-refractivity contribution in [2.45, 2.75) is 116 Å². The van der Waals surface area contributed by atoms with Gasteiger partial charge in [0.25, 0.3) is 0 Å². The minimum atomic E-state index is -0.706. The van der Waals surface area contributed by atoms with Crippen molar-refractivity contribution in [2.75, 3.05) is 0 Å². The minimum absolute atomic E-state index is 0.102. The molecule has 4 nitrogen and oxygen atoms in total. The van der Waals surface area contributed by atoms with E-state index < -0.39 is 5.97 Å². The Morgan fingerprint density at radius 3 is 2.45 bits per heavy atom. The molecule has 0 aromatic rings. The first-order valence-electron chi connectivity index (χ1n) is 12.1. The Balaban J connectivity index is 1.71. The first kappa shape index (κ1) is 24.1. The van der Waals surface area contributed by atoms with Gasteiger partial charge < -0.3 is 10.2 Å². The van der Waals surface area contributed by atoms with E-state index in [9.17, 15) is 14.7 Å². The predicted octanol–water partition coefficient (Wildman–Crippen LogP) is 6.06. The number of carboxylic acid groups (broad SMARTS) is 1. The molecule has 2 rings (SSSR count). The van der Waals surface area contributed by atoms with E-state index >= 15 is 0 Å². The van der Waals surface area contributed by atoms with Crippen LogP contribution in [0.1, 0.15) is 110 Å². The highest BCUT2D eigenvalue weighted by Gasteiger charge is 2.42. The molecule has 2 fully saturated rings. The second-order valence-electron chi connectivity index (χ2n) is 9.48. The Hall–Kier alpha value is -1.16. The van der Waals surface area contributed by atoms with E-state index in [0.29, 0.717) is 18.1 Å². The standard InChI is InChI=1S/C25H42O4/c1-2-3-17-25(18-10-19-25)23(27)16-14-20-13-15-22(26)21(20)11-8-6-4-5-7-9-12-24(28)29/h14,16,20-21,23,27H,2-13,15,17-19H2,1H3,(H,28,29)/b16-14+/t20?,21-,23-/m1/s1. The summed E-state index contributed by atoms with van der Waals surface area (Å²) in [5.41, 5.74) is 0.102. The Bertz CT molecular complexity index is 535. The molecule has 0 aromatic carbocycles. The maximum atomic E-state index is 12.4. The van der Waals surface area contributed by atoms with E-state index in [1.807, 2.05) is 6.08 Å². The number of hydrogen-bond acceptors (Lipinski definition) is 3. The van der Waals surface area contributed by atoms with Gasteiger partial charge in [0.2, 0.25) is 0 Å². The van der Waals surface area contributed by atoms with Gasteiger partial charge in [0, 0.05) is 18.8 Å². The number of hydrogen-bond donors (Lipinski definition) is 2. The predicted molar refractivity (Wildman–Crippen MR) is 117 cm³/mol. The van der Waals surface area contributed by atoms with E-state index in [4.69, 9.17) is 5.11 Å².